The number of hydrogen-bond acceptors (Lipinski definition) is 2. The molecular formula is C22H31NO. The Morgan fingerprint density at radius 1 is 0.792 bits per heavy atom. The third-order valence-electron chi connectivity index (χ3n) is 4.69. The molecular weight excluding hydrogens is 294 g/mol. The van der Waals surface area contributed by atoms with Crippen molar-refractivity contribution >= 4 is 22.2 Å². The van der Waals surface area contributed by atoms with Crippen LogP contribution in [0, 0.1) is 0 Å². The zero-order valence-corrected chi connectivity index (χ0v) is 15.0. The van der Waals surface area contributed by atoms with Gasteiger partial charge in [-0.15, -0.1) is 0 Å². The van der Waals surface area contributed by atoms with E-state index in [4.69, 9.17) is 5.73 Å². The van der Waals surface area contributed by atoms with Crippen molar-refractivity contribution in [2.45, 2.75) is 71.1 Å². The molecule has 0 aromatic heterocycles. The number of benzene rings is 2. The van der Waals surface area contributed by atoms with Gasteiger partial charge in [0.05, 0.1) is 0 Å². The third kappa shape index (κ3) is 5.99. The Hall–Kier alpha value is -1.83. The molecule has 0 fully saturated rings. The molecule has 0 aliphatic carbocycles. The lowest BCUT2D eigenvalue weighted by Gasteiger charge is -2.05. The van der Waals surface area contributed by atoms with Crippen LogP contribution in [0.3, 0.4) is 0 Å². The first-order chi connectivity index (χ1) is 11.7. The Balaban J connectivity index is 1.68. The summed E-state index contributed by atoms with van der Waals surface area (Å²) in [7, 11) is 0. The summed E-state index contributed by atoms with van der Waals surface area (Å²) in [6.45, 7) is 2.25. The van der Waals surface area contributed by atoms with Crippen LogP contribution in [0.25, 0.3) is 10.8 Å². The van der Waals surface area contributed by atoms with E-state index in [0.29, 0.717) is 6.42 Å². The second-order valence-corrected chi connectivity index (χ2v) is 6.82. The van der Waals surface area contributed by atoms with Gasteiger partial charge >= 0.3 is 0 Å². The molecule has 0 radical (unpaired) electrons. The molecule has 130 valence electrons. The minimum Gasteiger partial charge on any atom is -0.399 e. The van der Waals surface area contributed by atoms with Crippen molar-refractivity contribution in [3.63, 3.8) is 0 Å². The standard InChI is InChI=1S/C22H31NO/c1-2-3-4-5-6-7-8-9-10-11-22(24)20-13-12-19-17-21(23)15-14-18(19)16-20/h12-17H,2-11,23H2,1H3. The number of nitrogen functional groups attached to an aromatic ring is 1. The van der Waals surface area contributed by atoms with Crippen LogP contribution in [-0.4, -0.2) is 5.78 Å². The minimum atomic E-state index is 0.261. The number of unbranched alkanes of at least 4 members (excludes halogenated alkanes) is 8. The van der Waals surface area contributed by atoms with Gasteiger partial charge in [0.15, 0.2) is 5.78 Å². The summed E-state index contributed by atoms with van der Waals surface area (Å²) < 4.78 is 0. The van der Waals surface area contributed by atoms with E-state index in [1.165, 1.54) is 51.4 Å². The SMILES string of the molecule is CCCCCCCCCCCC(=O)c1ccc2cc(N)ccc2c1. The number of ketones is 1. The molecule has 2 heteroatoms. The zero-order chi connectivity index (χ0) is 17.2. The third-order valence-corrected chi connectivity index (χ3v) is 4.69. The van der Waals surface area contributed by atoms with Gasteiger partial charge in [-0.25, -0.2) is 0 Å². The van der Waals surface area contributed by atoms with Gasteiger partial charge in [0.1, 0.15) is 0 Å². The van der Waals surface area contributed by atoms with Gasteiger partial charge in [-0.3, -0.25) is 4.79 Å². The Morgan fingerprint density at radius 3 is 2.08 bits per heavy atom. The molecule has 2 aromatic carbocycles. The average Bonchev–Trinajstić information content (AvgIpc) is 2.59. The second kappa shape index (κ2) is 10.1. The predicted octanol–water partition coefficient (Wildman–Crippen LogP) is 6.53. The van der Waals surface area contributed by atoms with E-state index < -0.39 is 0 Å². The molecule has 0 aliphatic heterocycles. The summed E-state index contributed by atoms with van der Waals surface area (Å²) in [6, 6.07) is 11.7. The quantitative estimate of drug-likeness (QED) is 0.290. The highest BCUT2D eigenvalue weighted by molar-refractivity contribution is 6.00. The number of hydrogen-bond donors (Lipinski definition) is 1. The lowest BCUT2D eigenvalue weighted by Crippen LogP contribution is -1.99. The molecule has 2 N–H and O–H groups in total. The maximum absolute atomic E-state index is 12.3. The second-order valence-electron chi connectivity index (χ2n) is 6.82. The minimum absolute atomic E-state index is 0.261. The Labute approximate surface area is 146 Å². The monoisotopic (exact) mass is 325 g/mol. The summed E-state index contributed by atoms with van der Waals surface area (Å²) >= 11 is 0. The van der Waals surface area contributed by atoms with Crippen LogP contribution in [0.2, 0.25) is 0 Å². The first-order valence-corrected chi connectivity index (χ1v) is 9.53. The van der Waals surface area contributed by atoms with E-state index in [1.54, 1.807) is 0 Å². The molecule has 0 heterocycles. The fourth-order valence-electron chi connectivity index (χ4n) is 3.18. The Kier molecular flexibility index (Phi) is 7.81. The van der Waals surface area contributed by atoms with Crippen LogP contribution in [0.15, 0.2) is 36.4 Å². The van der Waals surface area contributed by atoms with Crippen molar-refractivity contribution in [2.75, 3.05) is 5.73 Å². The number of rotatable bonds is 11. The van der Waals surface area contributed by atoms with Gasteiger partial charge in [0.25, 0.3) is 0 Å². The normalized spacial score (nSPS) is 11.0. The van der Waals surface area contributed by atoms with E-state index >= 15 is 0 Å². The van der Waals surface area contributed by atoms with Gasteiger partial charge in [0.2, 0.25) is 0 Å². The lowest BCUT2D eigenvalue weighted by atomic mass is 10.00. The summed E-state index contributed by atoms with van der Waals surface area (Å²) in [5.74, 6) is 0.261. The Bertz CT molecular complexity index is 647. The largest absolute Gasteiger partial charge is 0.399 e. The van der Waals surface area contributed by atoms with Crippen LogP contribution in [0.4, 0.5) is 5.69 Å². The number of fused-ring (bicyclic) bond motifs is 1. The van der Waals surface area contributed by atoms with Crippen molar-refractivity contribution in [1.29, 1.82) is 0 Å². The smallest absolute Gasteiger partial charge is 0.162 e. The van der Waals surface area contributed by atoms with E-state index in [9.17, 15) is 4.79 Å². The van der Waals surface area contributed by atoms with Crippen molar-refractivity contribution in [3.05, 3.63) is 42.0 Å². The molecule has 0 atom stereocenters. The van der Waals surface area contributed by atoms with Gasteiger partial charge in [-0.1, -0.05) is 76.5 Å². The van der Waals surface area contributed by atoms with Gasteiger partial charge in [-0.2, -0.15) is 0 Å². The van der Waals surface area contributed by atoms with E-state index in [1.807, 2.05) is 36.4 Å². The van der Waals surface area contributed by atoms with Gasteiger partial charge in [0, 0.05) is 17.7 Å². The lowest BCUT2D eigenvalue weighted by molar-refractivity contribution is 0.0979. The molecule has 24 heavy (non-hydrogen) atoms. The van der Waals surface area contributed by atoms with Crippen LogP contribution < -0.4 is 5.73 Å². The molecule has 2 rings (SSSR count). The van der Waals surface area contributed by atoms with Crippen molar-refractivity contribution in [2.24, 2.45) is 0 Å². The van der Waals surface area contributed by atoms with E-state index in [-0.39, 0.29) is 5.78 Å². The molecule has 0 saturated heterocycles. The summed E-state index contributed by atoms with van der Waals surface area (Å²) in [5, 5.41) is 2.18. The van der Waals surface area contributed by atoms with Crippen molar-refractivity contribution < 1.29 is 4.79 Å². The van der Waals surface area contributed by atoms with Crippen LogP contribution in [-0.2, 0) is 0 Å². The first kappa shape index (κ1) is 18.5. The first-order valence-electron chi connectivity index (χ1n) is 9.53. The molecule has 0 spiro atoms. The van der Waals surface area contributed by atoms with Crippen LogP contribution >= 0.6 is 0 Å². The maximum Gasteiger partial charge on any atom is 0.162 e. The number of nitrogens with two attached hydrogens (primary N) is 1. The topological polar surface area (TPSA) is 43.1 Å². The molecule has 0 bridgehead atoms. The summed E-state index contributed by atoms with van der Waals surface area (Å²) in [6.07, 6.45) is 12.2. The molecule has 2 aromatic rings. The van der Waals surface area contributed by atoms with Crippen molar-refractivity contribution in [1.82, 2.24) is 0 Å². The molecule has 0 unspecified atom stereocenters. The molecule has 0 aliphatic rings. The number of anilines is 1. The highest BCUT2D eigenvalue weighted by Gasteiger charge is 2.06. The molecule has 2 nitrogen and oxygen atoms in total. The zero-order valence-electron chi connectivity index (χ0n) is 15.0. The number of carbonyl (C=O) groups excluding carboxylic acids is 1. The molecule has 0 saturated carbocycles. The van der Waals surface area contributed by atoms with Gasteiger partial charge in [-0.05, 0) is 35.4 Å². The predicted molar refractivity (Wildman–Crippen MR) is 105 cm³/mol. The number of carbonyl (C=O) groups is 1. The van der Waals surface area contributed by atoms with Crippen LogP contribution in [0.1, 0.15) is 81.5 Å². The highest BCUT2D eigenvalue weighted by Crippen LogP contribution is 2.20. The highest BCUT2D eigenvalue weighted by atomic mass is 16.1. The fraction of sp³-hybridized carbons (Fsp3) is 0.500. The van der Waals surface area contributed by atoms with Crippen LogP contribution in [0.5, 0.6) is 0 Å². The van der Waals surface area contributed by atoms with Crippen molar-refractivity contribution in [3.8, 4) is 0 Å². The summed E-state index contributed by atoms with van der Waals surface area (Å²) in [5.41, 5.74) is 7.38. The maximum atomic E-state index is 12.3. The van der Waals surface area contributed by atoms with E-state index in [0.717, 1.165) is 28.4 Å². The van der Waals surface area contributed by atoms with E-state index in [2.05, 4.69) is 6.92 Å². The van der Waals surface area contributed by atoms with Gasteiger partial charge < -0.3 is 5.73 Å². The Morgan fingerprint density at radius 2 is 1.38 bits per heavy atom. The average molecular weight is 325 g/mol. The molecule has 0 amide bonds. The summed E-state index contributed by atoms with van der Waals surface area (Å²) in [4.78, 5) is 12.3. The number of Topliss-reactive ketones (excluding diaryl/α,β-unsaturated/α-hetero) is 1. The fourth-order valence-corrected chi connectivity index (χ4v) is 3.18.